The third kappa shape index (κ3) is 4.54. The Bertz CT molecular complexity index is 2000. The number of aromatic nitrogens is 6. The summed E-state index contributed by atoms with van der Waals surface area (Å²) in [6.07, 6.45) is 6.20. The molecule has 0 spiro atoms. The van der Waals surface area contributed by atoms with Crippen LogP contribution in [0.25, 0.3) is 55.2 Å². The highest BCUT2D eigenvalue weighted by Crippen LogP contribution is 2.35. The fourth-order valence-corrected chi connectivity index (χ4v) is 5.80. The van der Waals surface area contributed by atoms with Gasteiger partial charge in [0.05, 0.1) is 39.4 Å². The van der Waals surface area contributed by atoms with E-state index in [1.54, 1.807) is 17.5 Å². The van der Waals surface area contributed by atoms with E-state index in [0.717, 1.165) is 73.0 Å². The summed E-state index contributed by atoms with van der Waals surface area (Å²) in [5.74, 6) is 0. The lowest BCUT2D eigenvalue weighted by molar-refractivity contribution is 1.12. The van der Waals surface area contributed by atoms with Gasteiger partial charge in [-0.15, -0.1) is 11.3 Å². The molecule has 194 valence electrons. The lowest BCUT2D eigenvalue weighted by Crippen LogP contribution is -2.02. The van der Waals surface area contributed by atoms with Gasteiger partial charge in [-0.3, -0.25) is 15.1 Å². The van der Waals surface area contributed by atoms with E-state index in [0.29, 0.717) is 0 Å². The Labute approximate surface area is 234 Å². The predicted octanol–water partition coefficient (Wildman–Crippen LogP) is 7.77. The summed E-state index contributed by atoms with van der Waals surface area (Å²) in [6, 6.07) is 24.7. The molecule has 0 bridgehead atoms. The second-order valence-electron chi connectivity index (χ2n) is 9.73. The number of aromatic amines is 2. The van der Waals surface area contributed by atoms with E-state index < -0.39 is 0 Å². The Morgan fingerprint density at radius 3 is 2.70 bits per heavy atom. The number of nitrogens with zero attached hydrogens (tertiary/aromatic N) is 4. The zero-order chi connectivity index (χ0) is 27.1. The number of H-pyrrole nitrogens is 2. The predicted molar refractivity (Wildman–Crippen MR) is 163 cm³/mol. The molecular weight excluding hydrogens is 514 g/mol. The van der Waals surface area contributed by atoms with Gasteiger partial charge in [0, 0.05) is 45.9 Å². The van der Waals surface area contributed by atoms with E-state index in [1.807, 2.05) is 54.9 Å². The van der Waals surface area contributed by atoms with Gasteiger partial charge in [-0.05, 0) is 55.0 Å². The molecule has 6 heterocycles. The van der Waals surface area contributed by atoms with Crippen LogP contribution in [0.1, 0.15) is 10.4 Å². The number of anilines is 1. The monoisotopic (exact) mass is 539 g/mol. The molecule has 0 fully saturated rings. The minimum Gasteiger partial charge on any atom is -0.358 e. The Balaban J connectivity index is 1.21. The Hall–Kier alpha value is -5.08. The highest BCUT2D eigenvalue weighted by molar-refractivity contribution is 7.15. The summed E-state index contributed by atoms with van der Waals surface area (Å²) in [7, 11) is 0. The van der Waals surface area contributed by atoms with Crippen molar-refractivity contribution < 1.29 is 0 Å². The summed E-state index contributed by atoms with van der Waals surface area (Å²) in [5, 5.41) is 12.2. The van der Waals surface area contributed by atoms with Crippen LogP contribution in [0.2, 0.25) is 0 Å². The molecule has 1 aromatic carbocycles. The number of nitrogens with one attached hydrogen (secondary N) is 3. The van der Waals surface area contributed by atoms with Gasteiger partial charge in [-0.25, -0.2) is 4.98 Å². The van der Waals surface area contributed by atoms with Gasteiger partial charge in [-0.2, -0.15) is 5.10 Å². The minimum absolute atomic E-state index is 0.738. The minimum atomic E-state index is 0.738. The zero-order valence-corrected chi connectivity index (χ0v) is 22.6. The van der Waals surface area contributed by atoms with Crippen molar-refractivity contribution in [3.8, 4) is 33.2 Å². The second kappa shape index (κ2) is 9.91. The normalized spacial score (nSPS) is 11.3. The number of aryl methyl sites for hydroxylation is 1. The molecule has 7 rings (SSSR count). The van der Waals surface area contributed by atoms with Crippen molar-refractivity contribution >= 4 is 39.0 Å². The first-order valence-electron chi connectivity index (χ1n) is 12.9. The Morgan fingerprint density at radius 1 is 0.950 bits per heavy atom. The summed E-state index contributed by atoms with van der Waals surface area (Å²) < 4.78 is 0. The quantitative estimate of drug-likeness (QED) is 0.192. The van der Waals surface area contributed by atoms with Crippen molar-refractivity contribution in [3.63, 3.8) is 0 Å². The highest BCUT2D eigenvalue weighted by atomic mass is 32.1. The number of fused-ring (bicyclic) bond motifs is 2. The fraction of sp³-hybridized carbons (Fsp3) is 0.0625. The van der Waals surface area contributed by atoms with Crippen LogP contribution < -0.4 is 5.32 Å². The average Bonchev–Trinajstić information content (AvgIpc) is 3.71. The second-order valence-corrected chi connectivity index (χ2v) is 11.0. The molecular formula is C32H25N7S. The molecule has 0 saturated heterocycles. The summed E-state index contributed by atoms with van der Waals surface area (Å²) in [4.78, 5) is 20.1. The van der Waals surface area contributed by atoms with Gasteiger partial charge >= 0.3 is 0 Å². The maximum Gasteiger partial charge on any atom is 0.135 e. The zero-order valence-electron chi connectivity index (χ0n) is 21.8. The SMILES string of the molecule is C=C(Cc1ccccc1)Nc1cncc(-c2ccc3[nH]nc(-c4cc5c(-c6ccc(C)s6)nccc5[nH]4)c3n2)c1. The maximum absolute atomic E-state index is 5.01. The van der Waals surface area contributed by atoms with E-state index in [-0.39, 0.29) is 0 Å². The van der Waals surface area contributed by atoms with E-state index >= 15 is 0 Å². The number of hydrogen-bond acceptors (Lipinski definition) is 6. The molecule has 0 unspecified atom stereocenters. The molecule has 7 aromatic rings. The van der Waals surface area contributed by atoms with Crippen LogP contribution in [0.4, 0.5) is 5.69 Å². The van der Waals surface area contributed by atoms with Gasteiger partial charge in [0.25, 0.3) is 0 Å². The van der Waals surface area contributed by atoms with Gasteiger partial charge in [-0.1, -0.05) is 36.9 Å². The molecule has 0 aliphatic rings. The van der Waals surface area contributed by atoms with E-state index in [2.05, 4.69) is 74.3 Å². The summed E-state index contributed by atoms with van der Waals surface area (Å²) in [5.41, 5.74) is 9.97. The molecule has 40 heavy (non-hydrogen) atoms. The molecule has 3 N–H and O–H groups in total. The topological polar surface area (TPSA) is 95.2 Å². The fourth-order valence-electron chi connectivity index (χ4n) is 4.93. The van der Waals surface area contributed by atoms with Crippen LogP contribution in [0.15, 0.2) is 104 Å². The van der Waals surface area contributed by atoms with E-state index in [4.69, 9.17) is 4.98 Å². The molecule has 0 saturated carbocycles. The first-order chi connectivity index (χ1) is 19.6. The number of hydrogen-bond donors (Lipinski definition) is 3. The molecule has 0 amide bonds. The third-order valence-corrected chi connectivity index (χ3v) is 7.81. The third-order valence-electron chi connectivity index (χ3n) is 6.80. The van der Waals surface area contributed by atoms with Crippen molar-refractivity contribution in [1.29, 1.82) is 0 Å². The Morgan fingerprint density at radius 2 is 1.85 bits per heavy atom. The van der Waals surface area contributed by atoms with Crippen LogP contribution in [-0.4, -0.2) is 30.1 Å². The van der Waals surface area contributed by atoms with Gasteiger partial charge in [0.1, 0.15) is 11.2 Å². The molecule has 0 aliphatic heterocycles. The van der Waals surface area contributed by atoms with Gasteiger partial charge in [0.15, 0.2) is 0 Å². The van der Waals surface area contributed by atoms with E-state index in [9.17, 15) is 0 Å². The van der Waals surface area contributed by atoms with Crippen LogP contribution in [0, 0.1) is 6.92 Å². The number of benzene rings is 1. The maximum atomic E-state index is 5.01. The molecule has 0 aliphatic carbocycles. The molecule has 6 aromatic heterocycles. The molecule has 7 nitrogen and oxygen atoms in total. The largest absolute Gasteiger partial charge is 0.358 e. The van der Waals surface area contributed by atoms with Crippen molar-refractivity contribution in [3.05, 3.63) is 114 Å². The summed E-state index contributed by atoms with van der Waals surface area (Å²) >= 11 is 1.74. The van der Waals surface area contributed by atoms with Crippen molar-refractivity contribution in [1.82, 2.24) is 30.1 Å². The smallest absolute Gasteiger partial charge is 0.135 e. The molecule has 0 atom stereocenters. The standard InChI is InChI=1S/C32H25N7S/c1-19(14-21-6-4-3-5-7-21)35-23-15-22(17-33-18-23)25-9-10-27-31(37-25)32(39-38-27)28-16-24-26(36-28)12-13-34-30(24)29-11-8-20(2)40-29/h3-13,15-18,35-36H,1,14H2,2H3,(H,38,39). The summed E-state index contributed by atoms with van der Waals surface area (Å²) in [6.45, 7) is 6.31. The first-order valence-corrected chi connectivity index (χ1v) is 13.8. The number of rotatable bonds is 7. The highest BCUT2D eigenvalue weighted by Gasteiger charge is 2.16. The number of allylic oxidation sites excluding steroid dienone is 1. The average molecular weight is 540 g/mol. The van der Waals surface area contributed by atoms with Gasteiger partial charge in [0.2, 0.25) is 0 Å². The lowest BCUT2D eigenvalue weighted by atomic mass is 10.1. The lowest BCUT2D eigenvalue weighted by Gasteiger charge is -2.11. The van der Waals surface area contributed by atoms with E-state index in [1.165, 1.54) is 10.4 Å². The van der Waals surface area contributed by atoms with Crippen molar-refractivity contribution in [2.45, 2.75) is 13.3 Å². The Kier molecular flexibility index (Phi) is 5.94. The van der Waals surface area contributed by atoms with Crippen LogP contribution in [0.5, 0.6) is 0 Å². The van der Waals surface area contributed by atoms with Gasteiger partial charge < -0.3 is 10.3 Å². The van der Waals surface area contributed by atoms with Crippen LogP contribution in [-0.2, 0) is 6.42 Å². The van der Waals surface area contributed by atoms with Crippen molar-refractivity contribution in [2.24, 2.45) is 0 Å². The van der Waals surface area contributed by atoms with Crippen LogP contribution >= 0.6 is 11.3 Å². The molecule has 8 heteroatoms. The van der Waals surface area contributed by atoms with Crippen molar-refractivity contribution in [2.75, 3.05) is 5.32 Å². The number of pyridine rings is 3. The van der Waals surface area contributed by atoms with Crippen LogP contribution in [0.3, 0.4) is 0 Å². The number of thiophene rings is 1. The molecule has 0 radical (unpaired) electrons. The first kappa shape index (κ1) is 24.0.